The highest BCUT2D eigenvalue weighted by atomic mass is 79.9. The van der Waals surface area contributed by atoms with Crippen LogP contribution < -0.4 is 4.72 Å². The zero-order chi connectivity index (χ0) is 19.7. The Morgan fingerprint density at radius 2 is 1.71 bits per heavy atom. The van der Waals surface area contributed by atoms with Gasteiger partial charge in [-0.1, -0.05) is 60.2 Å². The number of fused-ring (bicyclic) bond motifs is 1. The van der Waals surface area contributed by atoms with Gasteiger partial charge in [0, 0.05) is 6.20 Å². The molecule has 0 saturated carbocycles. The zero-order valence-corrected chi connectivity index (χ0v) is 17.5. The predicted octanol–water partition coefficient (Wildman–Crippen LogP) is 4.96. The number of hydrogen-bond acceptors (Lipinski definition) is 3. The highest BCUT2D eigenvalue weighted by molar-refractivity contribution is 9.10. The second kappa shape index (κ2) is 7.41. The zero-order valence-electron chi connectivity index (χ0n) is 15.1. The van der Waals surface area contributed by atoms with Crippen molar-refractivity contribution in [2.75, 3.05) is 4.72 Å². The molecule has 4 rings (SSSR count). The van der Waals surface area contributed by atoms with Crippen LogP contribution in [0.15, 0.2) is 82.3 Å². The molecule has 0 unspecified atom stereocenters. The second-order valence-corrected chi connectivity index (χ2v) is 9.16. The number of anilines is 1. The SMILES string of the molecule is Cc1ccc(Cn2cc(Br)c(NS(=O)(=O)c3ccc4ccccc4c3)n2)cc1. The Bertz CT molecular complexity index is 1250. The van der Waals surface area contributed by atoms with Crippen molar-refractivity contribution < 1.29 is 8.42 Å². The molecule has 1 heterocycles. The van der Waals surface area contributed by atoms with Crippen molar-refractivity contribution in [2.45, 2.75) is 18.4 Å². The summed E-state index contributed by atoms with van der Waals surface area (Å²) in [5.74, 6) is 0.264. The average Bonchev–Trinajstić information content (AvgIpc) is 3.01. The molecule has 0 fully saturated rings. The van der Waals surface area contributed by atoms with E-state index >= 15 is 0 Å². The lowest BCUT2D eigenvalue weighted by Gasteiger charge is -2.07. The lowest BCUT2D eigenvalue weighted by atomic mass is 10.1. The first-order valence-electron chi connectivity index (χ1n) is 8.71. The minimum atomic E-state index is -3.75. The summed E-state index contributed by atoms with van der Waals surface area (Å²) in [4.78, 5) is 0.200. The van der Waals surface area contributed by atoms with Gasteiger partial charge in [0.2, 0.25) is 0 Å². The molecule has 0 bridgehead atoms. The Morgan fingerprint density at radius 1 is 1.00 bits per heavy atom. The molecular formula is C21H18BrN3O2S. The van der Waals surface area contributed by atoms with Gasteiger partial charge in [0.15, 0.2) is 5.82 Å². The third-order valence-corrected chi connectivity index (χ3v) is 6.36. The summed E-state index contributed by atoms with van der Waals surface area (Å²) in [6, 6.07) is 20.8. The molecule has 0 radical (unpaired) electrons. The normalized spacial score (nSPS) is 11.6. The third-order valence-electron chi connectivity index (χ3n) is 4.44. The van der Waals surface area contributed by atoms with E-state index in [4.69, 9.17) is 0 Å². The summed E-state index contributed by atoms with van der Waals surface area (Å²) in [7, 11) is -3.75. The largest absolute Gasteiger partial charge is 0.265 e. The van der Waals surface area contributed by atoms with Gasteiger partial charge in [0.1, 0.15) is 0 Å². The van der Waals surface area contributed by atoms with Crippen LogP contribution in [-0.4, -0.2) is 18.2 Å². The van der Waals surface area contributed by atoms with Crippen molar-refractivity contribution in [1.29, 1.82) is 0 Å². The number of benzene rings is 3. The molecule has 5 nitrogen and oxygen atoms in total. The first-order chi connectivity index (χ1) is 13.4. The van der Waals surface area contributed by atoms with Crippen LogP contribution in [0.5, 0.6) is 0 Å². The van der Waals surface area contributed by atoms with Crippen molar-refractivity contribution in [1.82, 2.24) is 9.78 Å². The maximum absolute atomic E-state index is 12.8. The van der Waals surface area contributed by atoms with E-state index in [1.54, 1.807) is 29.1 Å². The number of nitrogens with zero attached hydrogens (tertiary/aromatic N) is 2. The van der Waals surface area contributed by atoms with Crippen molar-refractivity contribution in [3.63, 3.8) is 0 Å². The fourth-order valence-electron chi connectivity index (χ4n) is 2.95. The van der Waals surface area contributed by atoms with Crippen LogP contribution in [0.2, 0.25) is 0 Å². The van der Waals surface area contributed by atoms with Crippen LogP contribution in [0, 0.1) is 6.92 Å². The average molecular weight is 456 g/mol. The molecule has 142 valence electrons. The lowest BCUT2D eigenvalue weighted by molar-refractivity contribution is 0.600. The highest BCUT2D eigenvalue weighted by Crippen LogP contribution is 2.25. The molecule has 0 aliphatic heterocycles. The number of hydrogen-bond donors (Lipinski definition) is 1. The standard InChI is InChI=1S/C21H18BrN3O2S/c1-15-6-8-16(9-7-15)13-25-14-20(22)21(23-25)24-28(26,27)19-11-10-17-4-2-3-5-18(17)12-19/h2-12,14H,13H2,1H3,(H,23,24). The Morgan fingerprint density at radius 3 is 2.46 bits per heavy atom. The Balaban J connectivity index is 1.58. The first kappa shape index (κ1) is 18.7. The van der Waals surface area contributed by atoms with Crippen LogP contribution in [-0.2, 0) is 16.6 Å². The molecule has 3 aromatic carbocycles. The Kier molecular flexibility index (Phi) is 4.95. The number of aromatic nitrogens is 2. The third kappa shape index (κ3) is 3.95. The minimum absolute atomic E-state index is 0.200. The number of aryl methyl sites for hydroxylation is 1. The van der Waals surface area contributed by atoms with Crippen molar-refractivity contribution >= 4 is 42.5 Å². The van der Waals surface area contributed by atoms with Crippen molar-refractivity contribution in [2.24, 2.45) is 0 Å². The predicted molar refractivity (Wildman–Crippen MR) is 115 cm³/mol. The van der Waals surface area contributed by atoms with Crippen molar-refractivity contribution in [3.05, 3.63) is 88.5 Å². The van der Waals surface area contributed by atoms with Gasteiger partial charge in [-0.25, -0.2) is 8.42 Å². The molecule has 0 spiro atoms. The van der Waals surface area contributed by atoms with Crippen LogP contribution in [0.3, 0.4) is 0 Å². The quantitative estimate of drug-likeness (QED) is 0.462. The lowest BCUT2D eigenvalue weighted by Crippen LogP contribution is -2.14. The monoisotopic (exact) mass is 455 g/mol. The molecular weight excluding hydrogens is 438 g/mol. The number of halogens is 1. The molecule has 7 heteroatoms. The smallest absolute Gasteiger partial charge is 0.263 e. The van der Waals surface area contributed by atoms with Gasteiger partial charge < -0.3 is 0 Å². The number of nitrogens with one attached hydrogen (secondary N) is 1. The Hall–Kier alpha value is -2.64. The maximum atomic E-state index is 12.8. The van der Waals surface area contributed by atoms with E-state index in [-0.39, 0.29) is 10.7 Å². The van der Waals surface area contributed by atoms with Crippen LogP contribution in [0.25, 0.3) is 10.8 Å². The summed E-state index contributed by atoms with van der Waals surface area (Å²) in [6.07, 6.45) is 1.76. The van der Waals surface area contributed by atoms with Gasteiger partial charge in [-0.3, -0.25) is 9.40 Å². The minimum Gasteiger partial charge on any atom is -0.265 e. The first-order valence-corrected chi connectivity index (χ1v) is 11.0. The van der Waals surface area contributed by atoms with E-state index in [0.29, 0.717) is 11.0 Å². The van der Waals surface area contributed by atoms with E-state index in [9.17, 15) is 8.42 Å². The van der Waals surface area contributed by atoms with Gasteiger partial charge in [-0.15, -0.1) is 0 Å². The summed E-state index contributed by atoms with van der Waals surface area (Å²) in [5.41, 5.74) is 2.28. The van der Waals surface area contributed by atoms with Gasteiger partial charge in [-0.05, 0) is 51.3 Å². The van der Waals surface area contributed by atoms with Crippen LogP contribution in [0.1, 0.15) is 11.1 Å². The highest BCUT2D eigenvalue weighted by Gasteiger charge is 2.18. The molecule has 1 N–H and O–H groups in total. The topological polar surface area (TPSA) is 64.0 Å². The van der Waals surface area contributed by atoms with E-state index in [1.165, 1.54) is 5.56 Å². The summed E-state index contributed by atoms with van der Waals surface area (Å²) < 4.78 is 30.5. The number of rotatable bonds is 5. The second-order valence-electron chi connectivity index (χ2n) is 6.62. The van der Waals surface area contributed by atoms with Gasteiger partial charge in [-0.2, -0.15) is 5.10 Å². The molecule has 4 aromatic rings. The van der Waals surface area contributed by atoms with E-state index in [2.05, 4.69) is 25.8 Å². The van der Waals surface area contributed by atoms with Gasteiger partial charge >= 0.3 is 0 Å². The summed E-state index contributed by atoms with van der Waals surface area (Å²) in [6.45, 7) is 2.59. The van der Waals surface area contributed by atoms with Crippen LogP contribution in [0.4, 0.5) is 5.82 Å². The van der Waals surface area contributed by atoms with Gasteiger partial charge in [0.25, 0.3) is 10.0 Å². The summed E-state index contributed by atoms with van der Waals surface area (Å²) in [5, 5.41) is 6.24. The van der Waals surface area contributed by atoms with E-state index in [0.717, 1.165) is 16.3 Å². The summed E-state index contributed by atoms with van der Waals surface area (Å²) >= 11 is 3.40. The fraction of sp³-hybridized carbons (Fsp3) is 0.0952. The van der Waals surface area contributed by atoms with Gasteiger partial charge in [0.05, 0.1) is 15.9 Å². The van der Waals surface area contributed by atoms with E-state index in [1.807, 2.05) is 55.5 Å². The molecule has 0 saturated heterocycles. The fourth-order valence-corrected chi connectivity index (χ4v) is 4.55. The molecule has 28 heavy (non-hydrogen) atoms. The van der Waals surface area contributed by atoms with Crippen molar-refractivity contribution in [3.8, 4) is 0 Å². The van der Waals surface area contributed by atoms with E-state index < -0.39 is 10.0 Å². The molecule has 0 atom stereocenters. The molecule has 1 aromatic heterocycles. The number of sulfonamides is 1. The Labute approximate surface area is 172 Å². The molecule has 0 amide bonds. The molecule has 0 aliphatic carbocycles. The van der Waals surface area contributed by atoms with Crippen LogP contribution >= 0.6 is 15.9 Å². The molecule has 0 aliphatic rings. The maximum Gasteiger partial charge on any atom is 0.263 e.